The molecule has 0 bridgehead atoms. The molecule has 2 heteroatoms. The molecule has 1 aliphatic carbocycles. The van der Waals surface area contributed by atoms with E-state index in [1.807, 2.05) is 0 Å². The van der Waals surface area contributed by atoms with Gasteiger partial charge in [0.05, 0.1) is 6.04 Å². The highest BCUT2D eigenvalue weighted by molar-refractivity contribution is 5.81. The van der Waals surface area contributed by atoms with Gasteiger partial charge < -0.3 is 5.73 Å². The maximum absolute atomic E-state index is 11.1. The molecular formula is C14H27NO. The maximum atomic E-state index is 11.1. The summed E-state index contributed by atoms with van der Waals surface area (Å²) >= 11 is 0. The minimum Gasteiger partial charge on any atom is -0.321 e. The van der Waals surface area contributed by atoms with Gasteiger partial charge in [-0.1, -0.05) is 51.9 Å². The molecule has 1 rings (SSSR count). The summed E-state index contributed by atoms with van der Waals surface area (Å²) in [6.45, 7) is 3.70. The van der Waals surface area contributed by atoms with E-state index in [1.165, 1.54) is 44.9 Å². The summed E-state index contributed by atoms with van der Waals surface area (Å²) in [5.74, 6) is 1.43. The molecule has 0 aromatic carbocycles. The summed E-state index contributed by atoms with van der Waals surface area (Å²) < 4.78 is 0. The Balaban J connectivity index is 2.11. The Morgan fingerprint density at radius 2 is 1.94 bits per heavy atom. The molecule has 0 unspecified atom stereocenters. The Bertz CT molecular complexity index is 209. The molecule has 0 saturated heterocycles. The minimum atomic E-state index is -0.244. The van der Waals surface area contributed by atoms with Gasteiger partial charge in [-0.3, -0.25) is 4.79 Å². The quantitative estimate of drug-likeness (QED) is 0.753. The van der Waals surface area contributed by atoms with Gasteiger partial charge in [-0.15, -0.1) is 0 Å². The summed E-state index contributed by atoms with van der Waals surface area (Å²) in [6.07, 6.45) is 10.8. The molecule has 1 aliphatic rings. The number of ketones is 1. The fourth-order valence-corrected chi connectivity index (χ4v) is 2.78. The standard InChI is InChI=1S/C14H27NO/c1-11(14(15)12(2)16)7-6-10-13-8-4-3-5-9-13/h11,13-14H,3-10,15H2,1-2H3/t11-,14+/m0/s1. The second-order valence-corrected chi connectivity index (χ2v) is 5.55. The smallest absolute Gasteiger partial charge is 0.146 e. The molecule has 0 aromatic rings. The Morgan fingerprint density at radius 3 is 2.50 bits per heavy atom. The van der Waals surface area contributed by atoms with Crippen LogP contribution in [-0.2, 0) is 4.79 Å². The number of nitrogens with two attached hydrogens (primary N) is 1. The van der Waals surface area contributed by atoms with E-state index < -0.39 is 0 Å². The fourth-order valence-electron chi connectivity index (χ4n) is 2.78. The Labute approximate surface area is 100.0 Å². The van der Waals surface area contributed by atoms with Crippen molar-refractivity contribution in [3.63, 3.8) is 0 Å². The summed E-state index contributed by atoms with van der Waals surface area (Å²) in [6, 6.07) is -0.244. The van der Waals surface area contributed by atoms with Gasteiger partial charge in [-0.05, 0) is 25.2 Å². The average molecular weight is 225 g/mol. The van der Waals surface area contributed by atoms with E-state index >= 15 is 0 Å². The van der Waals surface area contributed by atoms with E-state index in [2.05, 4.69) is 6.92 Å². The van der Waals surface area contributed by atoms with Crippen LogP contribution in [0.4, 0.5) is 0 Å². The number of carbonyl (C=O) groups is 1. The zero-order valence-corrected chi connectivity index (χ0v) is 10.9. The lowest BCUT2D eigenvalue weighted by molar-refractivity contribution is -0.119. The van der Waals surface area contributed by atoms with Gasteiger partial charge in [0.2, 0.25) is 0 Å². The van der Waals surface area contributed by atoms with Crippen molar-refractivity contribution in [2.24, 2.45) is 17.6 Å². The van der Waals surface area contributed by atoms with Crippen LogP contribution in [-0.4, -0.2) is 11.8 Å². The van der Waals surface area contributed by atoms with E-state index in [0.29, 0.717) is 5.92 Å². The molecule has 16 heavy (non-hydrogen) atoms. The van der Waals surface area contributed by atoms with Crippen molar-refractivity contribution in [3.05, 3.63) is 0 Å². The van der Waals surface area contributed by atoms with Crippen molar-refractivity contribution in [1.82, 2.24) is 0 Å². The highest BCUT2D eigenvalue weighted by Gasteiger charge is 2.18. The van der Waals surface area contributed by atoms with Crippen LogP contribution in [0.5, 0.6) is 0 Å². The first-order chi connectivity index (χ1) is 7.61. The highest BCUT2D eigenvalue weighted by Crippen LogP contribution is 2.28. The molecule has 0 heterocycles. The summed E-state index contributed by atoms with van der Waals surface area (Å²) in [5, 5.41) is 0. The SMILES string of the molecule is CC(=O)[C@H](N)[C@@H](C)CCCC1CCCCC1. The van der Waals surface area contributed by atoms with Crippen LogP contribution in [0.2, 0.25) is 0 Å². The van der Waals surface area contributed by atoms with Crippen molar-refractivity contribution in [2.75, 3.05) is 0 Å². The summed E-state index contributed by atoms with van der Waals surface area (Å²) in [5.41, 5.74) is 5.83. The van der Waals surface area contributed by atoms with Gasteiger partial charge in [0, 0.05) is 0 Å². The third-order valence-electron chi connectivity index (χ3n) is 4.08. The van der Waals surface area contributed by atoms with Crippen LogP contribution >= 0.6 is 0 Å². The predicted molar refractivity (Wildman–Crippen MR) is 68.2 cm³/mol. The predicted octanol–water partition coefficient (Wildman–Crippen LogP) is 3.29. The monoisotopic (exact) mass is 225 g/mol. The molecule has 1 fully saturated rings. The molecule has 2 N–H and O–H groups in total. The molecule has 2 atom stereocenters. The molecule has 0 amide bonds. The van der Waals surface area contributed by atoms with E-state index in [1.54, 1.807) is 6.92 Å². The normalized spacial score (nSPS) is 21.7. The zero-order valence-electron chi connectivity index (χ0n) is 10.9. The second-order valence-electron chi connectivity index (χ2n) is 5.55. The molecule has 0 aromatic heterocycles. The van der Waals surface area contributed by atoms with Gasteiger partial charge >= 0.3 is 0 Å². The number of Topliss-reactive ketones (excluding diaryl/α,β-unsaturated/α-hetero) is 1. The van der Waals surface area contributed by atoms with Crippen LogP contribution in [0.3, 0.4) is 0 Å². The molecule has 2 nitrogen and oxygen atoms in total. The Hall–Kier alpha value is -0.370. The Morgan fingerprint density at radius 1 is 1.31 bits per heavy atom. The molecule has 0 spiro atoms. The van der Waals surface area contributed by atoms with Crippen LogP contribution in [0, 0.1) is 11.8 Å². The van der Waals surface area contributed by atoms with Crippen molar-refractivity contribution >= 4 is 5.78 Å². The van der Waals surface area contributed by atoms with Gasteiger partial charge in [-0.25, -0.2) is 0 Å². The van der Waals surface area contributed by atoms with Gasteiger partial charge in [0.25, 0.3) is 0 Å². The highest BCUT2D eigenvalue weighted by atomic mass is 16.1. The number of hydrogen-bond acceptors (Lipinski definition) is 2. The molecule has 0 radical (unpaired) electrons. The maximum Gasteiger partial charge on any atom is 0.146 e. The van der Waals surface area contributed by atoms with Gasteiger partial charge in [0.1, 0.15) is 5.78 Å². The fraction of sp³-hybridized carbons (Fsp3) is 0.929. The van der Waals surface area contributed by atoms with Crippen molar-refractivity contribution in [2.45, 2.75) is 71.3 Å². The van der Waals surface area contributed by atoms with Crippen LogP contribution in [0.1, 0.15) is 65.2 Å². The van der Waals surface area contributed by atoms with E-state index in [9.17, 15) is 4.79 Å². The van der Waals surface area contributed by atoms with Crippen molar-refractivity contribution in [3.8, 4) is 0 Å². The second kappa shape index (κ2) is 7.05. The number of carbonyl (C=O) groups excluding carboxylic acids is 1. The average Bonchev–Trinajstić information content (AvgIpc) is 2.29. The minimum absolute atomic E-state index is 0.130. The largest absolute Gasteiger partial charge is 0.321 e. The van der Waals surface area contributed by atoms with Gasteiger partial charge in [-0.2, -0.15) is 0 Å². The third kappa shape index (κ3) is 4.65. The lowest BCUT2D eigenvalue weighted by atomic mass is 9.84. The van der Waals surface area contributed by atoms with Crippen molar-refractivity contribution in [1.29, 1.82) is 0 Å². The van der Waals surface area contributed by atoms with Crippen LogP contribution in [0.15, 0.2) is 0 Å². The molecular weight excluding hydrogens is 198 g/mol. The number of rotatable bonds is 6. The lowest BCUT2D eigenvalue weighted by Crippen LogP contribution is -2.35. The van der Waals surface area contributed by atoms with Crippen molar-refractivity contribution < 1.29 is 4.79 Å². The molecule has 0 aliphatic heterocycles. The first-order valence-corrected chi connectivity index (χ1v) is 6.87. The molecule has 94 valence electrons. The zero-order chi connectivity index (χ0) is 12.0. The Kier molecular flexibility index (Phi) is 6.04. The number of hydrogen-bond donors (Lipinski definition) is 1. The first kappa shape index (κ1) is 13.7. The summed E-state index contributed by atoms with van der Waals surface area (Å²) in [4.78, 5) is 11.1. The summed E-state index contributed by atoms with van der Waals surface area (Å²) in [7, 11) is 0. The van der Waals surface area contributed by atoms with Gasteiger partial charge in [0.15, 0.2) is 0 Å². The first-order valence-electron chi connectivity index (χ1n) is 6.87. The van der Waals surface area contributed by atoms with E-state index in [-0.39, 0.29) is 11.8 Å². The van der Waals surface area contributed by atoms with E-state index in [4.69, 9.17) is 5.73 Å². The van der Waals surface area contributed by atoms with E-state index in [0.717, 1.165) is 12.3 Å². The van der Waals surface area contributed by atoms with Crippen LogP contribution < -0.4 is 5.73 Å². The topological polar surface area (TPSA) is 43.1 Å². The molecule has 1 saturated carbocycles. The third-order valence-corrected chi connectivity index (χ3v) is 4.08. The lowest BCUT2D eigenvalue weighted by Gasteiger charge is -2.23. The van der Waals surface area contributed by atoms with Crippen LogP contribution in [0.25, 0.3) is 0 Å².